The molecule has 0 radical (unpaired) electrons. The number of piperidine rings is 2. The van der Waals surface area contributed by atoms with Crippen LogP contribution in [0.25, 0.3) is 0 Å². The average molecular weight is 430 g/mol. The number of anilines is 1. The molecule has 1 atom stereocenters. The Balaban J connectivity index is 1.49. The van der Waals surface area contributed by atoms with Gasteiger partial charge in [0.2, 0.25) is 5.91 Å². The van der Waals surface area contributed by atoms with Gasteiger partial charge in [-0.05, 0) is 44.7 Å². The molecule has 0 spiro atoms. The van der Waals surface area contributed by atoms with E-state index in [-0.39, 0.29) is 11.8 Å². The van der Waals surface area contributed by atoms with Crippen LogP contribution in [0.1, 0.15) is 51.0 Å². The first kappa shape index (κ1) is 23.3. The summed E-state index contributed by atoms with van der Waals surface area (Å²) in [6.45, 7) is 7.69. The second-order valence-electron chi connectivity index (χ2n) is 8.60. The van der Waals surface area contributed by atoms with Crippen molar-refractivity contribution in [3.63, 3.8) is 0 Å². The molecule has 2 fully saturated rings. The first-order chi connectivity index (χ1) is 15.1. The summed E-state index contributed by atoms with van der Waals surface area (Å²) in [5, 5.41) is 6.90. The van der Waals surface area contributed by atoms with Crippen molar-refractivity contribution in [1.29, 1.82) is 0 Å². The number of hydrogen-bond acceptors (Lipinski definition) is 5. The van der Waals surface area contributed by atoms with Gasteiger partial charge in [0.15, 0.2) is 5.96 Å². The van der Waals surface area contributed by atoms with E-state index in [1.165, 1.54) is 32.2 Å². The van der Waals surface area contributed by atoms with E-state index in [1.54, 1.807) is 0 Å². The molecule has 0 aliphatic carbocycles. The summed E-state index contributed by atoms with van der Waals surface area (Å²) >= 11 is 0. The monoisotopic (exact) mass is 429 g/mol. The molecule has 8 heteroatoms. The van der Waals surface area contributed by atoms with E-state index >= 15 is 0 Å². The smallest absolute Gasteiger partial charge is 0.220 e. The van der Waals surface area contributed by atoms with Crippen LogP contribution < -0.4 is 21.3 Å². The van der Waals surface area contributed by atoms with Gasteiger partial charge in [0.25, 0.3) is 0 Å². The summed E-state index contributed by atoms with van der Waals surface area (Å²) in [4.78, 5) is 25.3. The highest BCUT2D eigenvalue weighted by Crippen LogP contribution is 2.24. The number of carbonyl (C=O) groups excluding carboxylic acids is 1. The zero-order valence-corrected chi connectivity index (χ0v) is 19.1. The molecule has 4 N–H and O–H groups in total. The van der Waals surface area contributed by atoms with E-state index in [2.05, 4.69) is 43.4 Å². The number of hydrogen-bond donors (Lipinski definition) is 3. The number of nitrogens with two attached hydrogens (primary N) is 1. The molecular weight excluding hydrogens is 390 g/mol. The molecule has 3 heterocycles. The van der Waals surface area contributed by atoms with Gasteiger partial charge >= 0.3 is 0 Å². The minimum Gasteiger partial charge on any atom is -0.369 e. The third-order valence-corrected chi connectivity index (χ3v) is 6.65. The zero-order chi connectivity index (χ0) is 22.1. The number of rotatable bonds is 8. The summed E-state index contributed by atoms with van der Waals surface area (Å²) in [6.07, 6.45) is 8.63. The van der Waals surface area contributed by atoms with Crippen LogP contribution in [0.2, 0.25) is 0 Å². The molecule has 2 aliphatic rings. The molecule has 0 aromatic carbocycles. The number of amides is 1. The predicted octanol–water partition coefficient (Wildman–Crippen LogP) is 1.71. The fraction of sp³-hybridized carbons (Fsp3) is 0.696. The molecular formula is C23H39N7O. The normalized spacial score (nSPS) is 21.2. The predicted molar refractivity (Wildman–Crippen MR) is 126 cm³/mol. The third kappa shape index (κ3) is 6.56. The molecule has 3 rings (SSSR count). The third-order valence-electron chi connectivity index (χ3n) is 6.65. The Morgan fingerprint density at radius 2 is 2.03 bits per heavy atom. The van der Waals surface area contributed by atoms with Crippen molar-refractivity contribution >= 4 is 17.7 Å². The van der Waals surface area contributed by atoms with Crippen molar-refractivity contribution in [2.45, 2.75) is 58.0 Å². The standard InChI is InChI=1S/C23H39N7O/c1-3-20-8-4-5-13-29(20)16-12-27-23(25-2)28-17-19-7-6-11-26-22(19)30-14-9-18(10-15-30)21(24)31/h6-7,11,18,20H,3-5,8-10,12-17H2,1-2H3,(H2,24,31)(H2,25,27,28). The lowest BCUT2D eigenvalue weighted by Gasteiger charge is -2.35. The number of carbonyl (C=O) groups is 1. The fourth-order valence-electron chi connectivity index (χ4n) is 4.76. The molecule has 0 saturated carbocycles. The average Bonchev–Trinajstić information content (AvgIpc) is 2.81. The molecule has 1 amide bonds. The van der Waals surface area contributed by atoms with Crippen LogP contribution in [0.3, 0.4) is 0 Å². The van der Waals surface area contributed by atoms with Crippen molar-refractivity contribution in [1.82, 2.24) is 20.5 Å². The molecule has 1 unspecified atom stereocenters. The lowest BCUT2D eigenvalue weighted by Crippen LogP contribution is -2.45. The molecule has 2 saturated heterocycles. The molecule has 1 aromatic rings. The van der Waals surface area contributed by atoms with E-state index in [0.29, 0.717) is 6.54 Å². The van der Waals surface area contributed by atoms with Gasteiger partial charge in [-0.25, -0.2) is 4.98 Å². The van der Waals surface area contributed by atoms with Gasteiger partial charge < -0.3 is 21.3 Å². The Morgan fingerprint density at radius 1 is 1.23 bits per heavy atom. The first-order valence-corrected chi connectivity index (χ1v) is 11.8. The van der Waals surface area contributed by atoms with Gasteiger partial charge in [0.05, 0.1) is 0 Å². The van der Waals surface area contributed by atoms with Crippen molar-refractivity contribution in [2.75, 3.05) is 44.7 Å². The van der Waals surface area contributed by atoms with Gasteiger partial charge in [-0.3, -0.25) is 14.7 Å². The van der Waals surface area contributed by atoms with Gasteiger partial charge in [-0.2, -0.15) is 0 Å². The summed E-state index contributed by atoms with van der Waals surface area (Å²) in [6, 6.07) is 4.79. The molecule has 1 aromatic heterocycles. The van der Waals surface area contributed by atoms with Crippen LogP contribution in [0.5, 0.6) is 0 Å². The van der Waals surface area contributed by atoms with E-state index in [0.717, 1.165) is 62.4 Å². The second kappa shape index (κ2) is 11.9. The van der Waals surface area contributed by atoms with E-state index in [1.807, 2.05) is 19.3 Å². The van der Waals surface area contributed by atoms with Crippen LogP contribution in [0.4, 0.5) is 5.82 Å². The van der Waals surface area contributed by atoms with E-state index in [9.17, 15) is 4.79 Å². The van der Waals surface area contributed by atoms with Gasteiger partial charge in [0, 0.05) is 63.5 Å². The number of aliphatic imine (C=N–C) groups is 1. The number of guanidine groups is 1. The number of primary amides is 1. The maximum Gasteiger partial charge on any atom is 0.220 e. The Bertz CT molecular complexity index is 730. The number of likely N-dealkylation sites (tertiary alicyclic amines) is 1. The highest BCUT2D eigenvalue weighted by molar-refractivity contribution is 5.79. The van der Waals surface area contributed by atoms with E-state index < -0.39 is 0 Å². The molecule has 172 valence electrons. The quantitative estimate of drug-likeness (QED) is 0.430. The Labute approximate surface area is 186 Å². The summed E-state index contributed by atoms with van der Waals surface area (Å²) in [7, 11) is 1.81. The summed E-state index contributed by atoms with van der Waals surface area (Å²) in [5.41, 5.74) is 6.60. The van der Waals surface area contributed by atoms with E-state index in [4.69, 9.17) is 5.73 Å². The molecule has 8 nitrogen and oxygen atoms in total. The fourth-order valence-corrected chi connectivity index (χ4v) is 4.76. The lowest BCUT2D eigenvalue weighted by atomic mass is 9.96. The topological polar surface area (TPSA) is 98.9 Å². The van der Waals surface area contributed by atoms with Gasteiger partial charge in [-0.1, -0.05) is 19.4 Å². The van der Waals surface area contributed by atoms with Crippen LogP contribution in [-0.2, 0) is 11.3 Å². The maximum atomic E-state index is 11.5. The Morgan fingerprint density at radius 3 is 2.74 bits per heavy atom. The Hall–Kier alpha value is -2.35. The maximum absolute atomic E-state index is 11.5. The zero-order valence-electron chi connectivity index (χ0n) is 19.1. The molecule has 31 heavy (non-hydrogen) atoms. The van der Waals surface area contributed by atoms with Crippen LogP contribution >= 0.6 is 0 Å². The number of aromatic nitrogens is 1. The SMILES string of the molecule is CCC1CCCCN1CCNC(=NC)NCc1cccnc1N1CCC(C(N)=O)CC1. The highest BCUT2D eigenvalue weighted by atomic mass is 16.1. The van der Waals surface area contributed by atoms with Crippen molar-refractivity contribution in [3.8, 4) is 0 Å². The number of nitrogens with zero attached hydrogens (tertiary/aromatic N) is 4. The summed E-state index contributed by atoms with van der Waals surface area (Å²) < 4.78 is 0. The van der Waals surface area contributed by atoms with Gasteiger partial charge in [-0.15, -0.1) is 0 Å². The van der Waals surface area contributed by atoms with Crippen molar-refractivity contribution in [2.24, 2.45) is 16.6 Å². The number of pyridine rings is 1. The second-order valence-corrected chi connectivity index (χ2v) is 8.60. The minimum absolute atomic E-state index is 0.0169. The highest BCUT2D eigenvalue weighted by Gasteiger charge is 2.25. The molecule has 0 bridgehead atoms. The minimum atomic E-state index is -0.188. The number of nitrogens with one attached hydrogen (secondary N) is 2. The molecule has 2 aliphatic heterocycles. The van der Waals surface area contributed by atoms with Crippen LogP contribution in [0.15, 0.2) is 23.3 Å². The van der Waals surface area contributed by atoms with Gasteiger partial charge in [0.1, 0.15) is 5.82 Å². The van der Waals surface area contributed by atoms with Crippen molar-refractivity contribution < 1.29 is 4.79 Å². The Kier molecular flexibility index (Phi) is 8.94. The largest absolute Gasteiger partial charge is 0.369 e. The first-order valence-electron chi connectivity index (χ1n) is 11.8. The summed E-state index contributed by atoms with van der Waals surface area (Å²) in [5.74, 6) is 1.59. The van der Waals surface area contributed by atoms with Crippen molar-refractivity contribution in [3.05, 3.63) is 23.9 Å². The van der Waals surface area contributed by atoms with Crippen LogP contribution in [0, 0.1) is 5.92 Å². The lowest BCUT2D eigenvalue weighted by molar-refractivity contribution is -0.122. The van der Waals surface area contributed by atoms with Crippen LogP contribution in [-0.4, -0.2) is 67.6 Å².